The normalized spacial score (nSPS) is 12.5. The summed E-state index contributed by atoms with van der Waals surface area (Å²) < 4.78 is 42.9. The Bertz CT molecular complexity index is 712. The van der Waals surface area contributed by atoms with Crippen LogP contribution in [0.5, 0.6) is 5.75 Å². The largest absolute Gasteiger partial charge is 0.494 e. The highest BCUT2D eigenvalue weighted by Gasteiger charge is 2.30. The molecule has 0 heterocycles. The van der Waals surface area contributed by atoms with Crippen molar-refractivity contribution in [2.24, 2.45) is 0 Å². The van der Waals surface area contributed by atoms with Gasteiger partial charge in [-0.15, -0.1) is 0 Å². The van der Waals surface area contributed by atoms with E-state index in [2.05, 4.69) is 5.32 Å². The van der Waals surface area contributed by atoms with Crippen LogP contribution in [0.3, 0.4) is 0 Å². The molecule has 2 N–H and O–H groups in total. The SMILES string of the molecule is CCOc1ccc(CC(=O)NCC(O)c2ccc(C(F)(F)F)cc2)cc1. The molecule has 2 rings (SSSR count). The minimum atomic E-state index is -4.42. The van der Waals surface area contributed by atoms with Crippen molar-refractivity contribution < 1.29 is 27.8 Å². The molecule has 1 amide bonds. The fraction of sp³-hybridized carbons (Fsp3) is 0.316. The predicted molar refractivity (Wildman–Crippen MR) is 90.7 cm³/mol. The van der Waals surface area contributed by atoms with Crippen LogP contribution in [0.2, 0.25) is 0 Å². The van der Waals surface area contributed by atoms with Crippen molar-refractivity contribution in [3.05, 3.63) is 65.2 Å². The average molecular weight is 367 g/mol. The third-order valence-electron chi connectivity index (χ3n) is 3.71. The van der Waals surface area contributed by atoms with Gasteiger partial charge in [-0.2, -0.15) is 13.2 Å². The summed E-state index contributed by atoms with van der Waals surface area (Å²) in [5.74, 6) is 0.425. The smallest absolute Gasteiger partial charge is 0.416 e. The maximum Gasteiger partial charge on any atom is 0.416 e. The van der Waals surface area contributed by atoms with Crippen molar-refractivity contribution in [1.82, 2.24) is 5.32 Å². The van der Waals surface area contributed by atoms with Crippen LogP contribution < -0.4 is 10.1 Å². The molecule has 0 saturated heterocycles. The number of nitrogens with one attached hydrogen (secondary N) is 1. The van der Waals surface area contributed by atoms with E-state index in [1.54, 1.807) is 24.3 Å². The van der Waals surface area contributed by atoms with E-state index in [9.17, 15) is 23.1 Å². The molecule has 2 aromatic carbocycles. The van der Waals surface area contributed by atoms with E-state index < -0.39 is 17.8 Å². The molecular weight excluding hydrogens is 347 g/mol. The number of aliphatic hydroxyl groups is 1. The van der Waals surface area contributed by atoms with Gasteiger partial charge in [0, 0.05) is 6.54 Å². The van der Waals surface area contributed by atoms with Gasteiger partial charge in [0.15, 0.2) is 0 Å². The first-order chi connectivity index (χ1) is 12.3. The molecule has 1 atom stereocenters. The first-order valence-electron chi connectivity index (χ1n) is 8.13. The second-order valence-electron chi connectivity index (χ2n) is 5.69. The van der Waals surface area contributed by atoms with E-state index in [0.29, 0.717) is 12.2 Å². The fourth-order valence-electron chi connectivity index (χ4n) is 2.34. The Morgan fingerprint density at radius 2 is 1.73 bits per heavy atom. The number of hydrogen-bond donors (Lipinski definition) is 2. The summed E-state index contributed by atoms with van der Waals surface area (Å²) in [5.41, 5.74) is 0.308. The molecule has 0 radical (unpaired) electrons. The summed E-state index contributed by atoms with van der Waals surface area (Å²) in [5, 5.41) is 12.6. The Labute approximate surface area is 149 Å². The topological polar surface area (TPSA) is 58.6 Å². The van der Waals surface area contributed by atoms with Gasteiger partial charge in [0.25, 0.3) is 0 Å². The van der Waals surface area contributed by atoms with E-state index in [1.807, 2.05) is 6.92 Å². The number of halogens is 3. The van der Waals surface area contributed by atoms with E-state index in [-0.39, 0.29) is 18.9 Å². The Morgan fingerprint density at radius 3 is 2.27 bits per heavy atom. The molecule has 0 spiro atoms. The van der Waals surface area contributed by atoms with Crippen molar-refractivity contribution in [2.45, 2.75) is 25.6 Å². The molecule has 2 aromatic rings. The summed E-state index contributed by atoms with van der Waals surface area (Å²) in [6.45, 7) is 2.35. The average Bonchev–Trinajstić information content (AvgIpc) is 2.61. The molecule has 1 unspecified atom stereocenters. The number of alkyl halides is 3. The van der Waals surface area contributed by atoms with E-state index in [0.717, 1.165) is 23.4 Å². The van der Waals surface area contributed by atoms with E-state index in [1.165, 1.54) is 12.1 Å². The zero-order chi connectivity index (χ0) is 19.2. The lowest BCUT2D eigenvalue weighted by molar-refractivity contribution is -0.137. The van der Waals surface area contributed by atoms with Gasteiger partial charge in [0.2, 0.25) is 5.91 Å². The quantitative estimate of drug-likeness (QED) is 0.788. The number of benzene rings is 2. The van der Waals surface area contributed by atoms with Crippen molar-refractivity contribution in [3.63, 3.8) is 0 Å². The van der Waals surface area contributed by atoms with Crippen LogP contribution in [-0.2, 0) is 17.4 Å². The maximum absolute atomic E-state index is 12.5. The van der Waals surface area contributed by atoms with Crippen LogP contribution in [0.15, 0.2) is 48.5 Å². The third-order valence-corrected chi connectivity index (χ3v) is 3.71. The van der Waals surface area contributed by atoms with Crippen molar-refractivity contribution >= 4 is 5.91 Å². The fourth-order valence-corrected chi connectivity index (χ4v) is 2.34. The molecule has 0 bridgehead atoms. The summed E-state index contributed by atoms with van der Waals surface area (Å²) >= 11 is 0. The third kappa shape index (κ3) is 5.77. The Kier molecular flexibility index (Phi) is 6.63. The molecule has 0 aliphatic carbocycles. The molecule has 7 heteroatoms. The Balaban J connectivity index is 1.84. The lowest BCUT2D eigenvalue weighted by Crippen LogP contribution is -2.29. The molecule has 0 aliphatic heterocycles. The molecule has 0 saturated carbocycles. The van der Waals surface area contributed by atoms with Crippen molar-refractivity contribution in [2.75, 3.05) is 13.2 Å². The predicted octanol–water partition coefficient (Wildman–Crippen LogP) is 3.50. The number of amides is 1. The second kappa shape index (κ2) is 8.71. The first kappa shape index (κ1) is 19.8. The van der Waals surface area contributed by atoms with Gasteiger partial charge >= 0.3 is 6.18 Å². The number of aliphatic hydroxyl groups excluding tert-OH is 1. The zero-order valence-electron chi connectivity index (χ0n) is 14.2. The van der Waals surface area contributed by atoms with Crippen LogP contribution in [0.4, 0.5) is 13.2 Å². The molecule has 0 fully saturated rings. The first-order valence-corrected chi connectivity index (χ1v) is 8.13. The highest BCUT2D eigenvalue weighted by atomic mass is 19.4. The number of hydrogen-bond acceptors (Lipinski definition) is 3. The number of ether oxygens (including phenoxy) is 1. The van der Waals surface area contributed by atoms with E-state index >= 15 is 0 Å². The number of carbonyl (C=O) groups excluding carboxylic acids is 1. The van der Waals surface area contributed by atoms with Crippen LogP contribution in [0.1, 0.15) is 29.7 Å². The minimum absolute atomic E-state index is 0.0821. The molecular formula is C19H20F3NO3. The Morgan fingerprint density at radius 1 is 1.12 bits per heavy atom. The second-order valence-corrected chi connectivity index (χ2v) is 5.69. The lowest BCUT2D eigenvalue weighted by Gasteiger charge is -2.14. The number of rotatable bonds is 7. The van der Waals surface area contributed by atoms with E-state index in [4.69, 9.17) is 4.74 Å². The monoisotopic (exact) mass is 367 g/mol. The molecule has 26 heavy (non-hydrogen) atoms. The zero-order valence-corrected chi connectivity index (χ0v) is 14.2. The molecule has 0 aliphatic rings. The standard InChI is InChI=1S/C19H20F3NO3/c1-2-26-16-9-3-13(4-10-16)11-18(25)23-12-17(24)14-5-7-15(8-6-14)19(20,21)22/h3-10,17,24H,2,11-12H2,1H3,(H,23,25). The molecule has 140 valence electrons. The van der Waals surface area contributed by atoms with Crippen molar-refractivity contribution in [1.29, 1.82) is 0 Å². The van der Waals surface area contributed by atoms with Gasteiger partial charge in [-0.1, -0.05) is 24.3 Å². The van der Waals surface area contributed by atoms with Gasteiger partial charge in [-0.3, -0.25) is 4.79 Å². The van der Waals surface area contributed by atoms with Crippen LogP contribution in [0, 0.1) is 0 Å². The van der Waals surface area contributed by atoms with Gasteiger partial charge in [0.05, 0.1) is 24.7 Å². The van der Waals surface area contributed by atoms with Gasteiger partial charge in [-0.05, 0) is 42.3 Å². The summed E-state index contributed by atoms with van der Waals surface area (Å²) in [6.07, 6.45) is -5.37. The van der Waals surface area contributed by atoms with Crippen LogP contribution >= 0.6 is 0 Å². The summed E-state index contributed by atoms with van der Waals surface area (Å²) in [7, 11) is 0. The van der Waals surface area contributed by atoms with Crippen LogP contribution in [0.25, 0.3) is 0 Å². The highest BCUT2D eigenvalue weighted by molar-refractivity contribution is 5.78. The summed E-state index contributed by atoms with van der Waals surface area (Å²) in [6, 6.07) is 11.3. The lowest BCUT2D eigenvalue weighted by atomic mass is 10.1. The Hall–Kier alpha value is -2.54. The minimum Gasteiger partial charge on any atom is -0.494 e. The maximum atomic E-state index is 12.5. The van der Waals surface area contributed by atoms with Gasteiger partial charge in [-0.25, -0.2) is 0 Å². The summed E-state index contributed by atoms with van der Waals surface area (Å²) in [4.78, 5) is 11.9. The highest BCUT2D eigenvalue weighted by Crippen LogP contribution is 2.29. The molecule has 4 nitrogen and oxygen atoms in total. The van der Waals surface area contributed by atoms with Crippen molar-refractivity contribution in [3.8, 4) is 5.75 Å². The van der Waals surface area contributed by atoms with Gasteiger partial charge in [0.1, 0.15) is 5.75 Å². The number of carbonyl (C=O) groups is 1. The van der Waals surface area contributed by atoms with Gasteiger partial charge < -0.3 is 15.2 Å². The molecule has 0 aromatic heterocycles. The van der Waals surface area contributed by atoms with Crippen LogP contribution in [-0.4, -0.2) is 24.2 Å².